The fourth-order valence-electron chi connectivity index (χ4n) is 3.10. The molecule has 2 unspecified atom stereocenters. The highest BCUT2D eigenvalue weighted by Gasteiger charge is 2.37. The molecule has 1 amide bonds. The molecule has 0 bridgehead atoms. The third kappa shape index (κ3) is 2.52. The molecule has 0 radical (unpaired) electrons. The molecular formula is C16H22N2O. The highest BCUT2D eigenvalue weighted by molar-refractivity contribution is 5.84. The highest BCUT2D eigenvalue weighted by atomic mass is 16.2. The first kappa shape index (κ1) is 12.7. The van der Waals surface area contributed by atoms with Gasteiger partial charge in [0.2, 0.25) is 5.91 Å². The Balaban J connectivity index is 1.62. The second kappa shape index (κ2) is 5.33. The van der Waals surface area contributed by atoms with Crippen molar-refractivity contribution in [3.63, 3.8) is 0 Å². The standard InChI is InChI=1S/C16H22N2O/c1-12(14-8-5-9-14)18-11-17-15(16(18)19)10-13-6-3-2-4-7-13/h2-4,6-7,12,14-15,17H,5,8-11H2,1H3. The summed E-state index contributed by atoms with van der Waals surface area (Å²) >= 11 is 0. The van der Waals surface area contributed by atoms with Crippen molar-refractivity contribution in [2.75, 3.05) is 6.67 Å². The summed E-state index contributed by atoms with van der Waals surface area (Å²) in [5, 5.41) is 3.37. The smallest absolute Gasteiger partial charge is 0.241 e. The Morgan fingerprint density at radius 2 is 2.05 bits per heavy atom. The summed E-state index contributed by atoms with van der Waals surface area (Å²) in [6.07, 6.45) is 4.70. The maximum atomic E-state index is 12.5. The number of carbonyl (C=O) groups excluding carboxylic acids is 1. The van der Waals surface area contributed by atoms with Crippen LogP contribution in [0.4, 0.5) is 0 Å². The molecule has 2 fully saturated rings. The average molecular weight is 258 g/mol. The van der Waals surface area contributed by atoms with Gasteiger partial charge in [0.05, 0.1) is 12.7 Å². The fourth-order valence-corrected chi connectivity index (χ4v) is 3.10. The van der Waals surface area contributed by atoms with E-state index < -0.39 is 0 Å². The summed E-state index contributed by atoms with van der Waals surface area (Å²) in [5.74, 6) is 1.00. The summed E-state index contributed by atoms with van der Waals surface area (Å²) in [4.78, 5) is 14.5. The molecule has 1 N–H and O–H groups in total. The molecule has 102 valence electrons. The molecule has 1 heterocycles. The van der Waals surface area contributed by atoms with Gasteiger partial charge >= 0.3 is 0 Å². The predicted octanol–water partition coefficient (Wildman–Crippen LogP) is 2.18. The van der Waals surface area contributed by atoms with Crippen LogP contribution in [0.5, 0.6) is 0 Å². The molecule has 1 aliphatic carbocycles. The van der Waals surface area contributed by atoms with Crippen LogP contribution < -0.4 is 5.32 Å². The van der Waals surface area contributed by atoms with Gasteiger partial charge in [0.1, 0.15) is 0 Å². The molecule has 0 spiro atoms. The van der Waals surface area contributed by atoms with Gasteiger partial charge in [-0.25, -0.2) is 0 Å². The zero-order valence-corrected chi connectivity index (χ0v) is 11.5. The van der Waals surface area contributed by atoms with Gasteiger partial charge < -0.3 is 4.90 Å². The van der Waals surface area contributed by atoms with Crippen LogP contribution in [0.15, 0.2) is 30.3 Å². The van der Waals surface area contributed by atoms with Gasteiger partial charge in [-0.2, -0.15) is 0 Å². The van der Waals surface area contributed by atoms with Crippen molar-refractivity contribution in [2.45, 2.75) is 44.7 Å². The van der Waals surface area contributed by atoms with Crippen molar-refractivity contribution in [1.29, 1.82) is 0 Å². The number of nitrogens with one attached hydrogen (secondary N) is 1. The van der Waals surface area contributed by atoms with Crippen LogP contribution in [-0.4, -0.2) is 29.6 Å². The lowest BCUT2D eigenvalue weighted by Gasteiger charge is -2.36. The summed E-state index contributed by atoms with van der Waals surface area (Å²) in [7, 11) is 0. The minimum atomic E-state index is -0.0371. The van der Waals surface area contributed by atoms with Gasteiger partial charge in [0.15, 0.2) is 0 Å². The number of benzene rings is 1. The second-order valence-electron chi connectivity index (χ2n) is 5.84. The van der Waals surface area contributed by atoms with E-state index in [1.54, 1.807) is 0 Å². The molecule has 1 aromatic carbocycles. The molecule has 2 atom stereocenters. The zero-order chi connectivity index (χ0) is 13.2. The van der Waals surface area contributed by atoms with Gasteiger partial charge in [-0.3, -0.25) is 10.1 Å². The number of carbonyl (C=O) groups is 1. The quantitative estimate of drug-likeness (QED) is 0.897. The van der Waals surface area contributed by atoms with Crippen molar-refractivity contribution in [1.82, 2.24) is 10.2 Å². The Hall–Kier alpha value is -1.35. The normalized spacial score (nSPS) is 25.4. The van der Waals surface area contributed by atoms with Crippen LogP contribution >= 0.6 is 0 Å². The third-order valence-electron chi connectivity index (χ3n) is 4.70. The first-order valence-electron chi connectivity index (χ1n) is 7.33. The lowest BCUT2D eigenvalue weighted by Crippen LogP contribution is -2.43. The first-order valence-corrected chi connectivity index (χ1v) is 7.33. The SMILES string of the molecule is CC(C1CCC1)N1CNC(Cc2ccccc2)C1=O. The van der Waals surface area contributed by atoms with E-state index in [9.17, 15) is 4.79 Å². The number of hydrogen-bond donors (Lipinski definition) is 1. The Labute approximate surface area is 115 Å². The maximum Gasteiger partial charge on any atom is 0.241 e. The molecule has 1 aliphatic heterocycles. The van der Waals surface area contributed by atoms with E-state index in [2.05, 4.69) is 24.4 Å². The number of hydrogen-bond acceptors (Lipinski definition) is 2. The van der Waals surface area contributed by atoms with E-state index >= 15 is 0 Å². The molecule has 3 nitrogen and oxygen atoms in total. The summed E-state index contributed by atoms with van der Waals surface area (Å²) in [6.45, 7) is 2.92. The van der Waals surface area contributed by atoms with E-state index in [0.717, 1.165) is 12.3 Å². The Morgan fingerprint density at radius 3 is 2.68 bits per heavy atom. The van der Waals surface area contributed by atoms with Crippen molar-refractivity contribution in [3.8, 4) is 0 Å². The molecule has 1 aromatic rings. The highest BCUT2D eigenvalue weighted by Crippen LogP contribution is 2.32. The predicted molar refractivity (Wildman–Crippen MR) is 75.6 cm³/mol. The number of rotatable bonds is 4. The van der Waals surface area contributed by atoms with E-state index in [1.807, 2.05) is 23.1 Å². The lowest BCUT2D eigenvalue weighted by molar-refractivity contribution is -0.132. The van der Waals surface area contributed by atoms with E-state index in [0.29, 0.717) is 12.7 Å². The minimum Gasteiger partial charge on any atom is -0.326 e. The van der Waals surface area contributed by atoms with E-state index in [4.69, 9.17) is 0 Å². The van der Waals surface area contributed by atoms with E-state index in [1.165, 1.54) is 24.8 Å². The summed E-state index contributed by atoms with van der Waals surface area (Å²) < 4.78 is 0. The largest absolute Gasteiger partial charge is 0.326 e. The van der Waals surface area contributed by atoms with Crippen molar-refractivity contribution >= 4 is 5.91 Å². The molecule has 19 heavy (non-hydrogen) atoms. The van der Waals surface area contributed by atoms with Gasteiger partial charge in [-0.05, 0) is 37.7 Å². The van der Waals surface area contributed by atoms with Crippen molar-refractivity contribution < 1.29 is 4.79 Å². The van der Waals surface area contributed by atoms with Crippen LogP contribution in [0.2, 0.25) is 0 Å². The fraction of sp³-hybridized carbons (Fsp3) is 0.562. The maximum absolute atomic E-state index is 12.5. The second-order valence-corrected chi connectivity index (χ2v) is 5.84. The average Bonchev–Trinajstić information content (AvgIpc) is 2.70. The van der Waals surface area contributed by atoms with E-state index in [-0.39, 0.29) is 11.9 Å². The van der Waals surface area contributed by atoms with Gasteiger partial charge in [0, 0.05) is 6.04 Å². The lowest BCUT2D eigenvalue weighted by atomic mass is 9.80. The summed E-state index contributed by atoms with van der Waals surface area (Å²) in [6, 6.07) is 10.6. The Morgan fingerprint density at radius 1 is 1.32 bits per heavy atom. The van der Waals surface area contributed by atoms with Crippen molar-refractivity contribution in [2.24, 2.45) is 5.92 Å². The number of nitrogens with zero attached hydrogens (tertiary/aromatic N) is 1. The molecule has 3 heteroatoms. The van der Waals surface area contributed by atoms with Gasteiger partial charge in [-0.1, -0.05) is 36.8 Å². The van der Waals surface area contributed by atoms with Crippen LogP contribution in [-0.2, 0) is 11.2 Å². The molecule has 1 saturated carbocycles. The van der Waals surface area contributed by atoms with Crippen molar-refractivity contribution in [3.05, 3.63) is 35.9 Å². The van der Waals surface area contributed by atoms with Gasteiger partial charge in [-0.15, -0.1) is 0 Å². The van der Waals surface area contributed by atoms with Crippen LogP contribution in [0.1, 0.15) is 31.7 Å². The Bertz CT molecular complexity index is 441. The molecular weight excluding hydrogens is 236 g/mol. The first-order chi connectivity index (χ1) is 9.25. The molecule has 0 aromatic heterocycles. The topological polar surface area (TPSA) is 32.3 Å². The zero-order valence-electron chi connectivity index (χ0n) is 11.5. The monoisotopic (exact) mass is 258 g/mol. The molecule has 2 aliphatic rings. The van der Waals surface area contributed by atoms with Crippen LogP contribution in [0.3, 0.4) is 0 Å². The van der Waals surface area contributed by atoms with Gasteiger partial charge in [0.25, 0.3) is 0 Å². The Kier molecular flexibility index (Phi) is 3.56. The van der Waals surface area contributed by atoms with Crippen LogP contribution in [0, 0.1) is 5.92 Å². The molecule has 1 saturated heterocycles. The number of amides is 1. The minimum absolute atomic E-state index is 0.0371. The molecule has 3 rings (SSSR count). The van der Waals surface area contributed by atoms with Crippen LogP contribution in [0.25, 0.3) is 0 Å². The third-order valence-corrected chi connectivity index (χ3v) is 4.70. The summed E-state index contributed by atoms with van der Waals surface area (Å²) in [5.41, 5.74) is 1.23.